The molecular weight excluding hydrogens is 396 g/mol. The Labute approximate surface area is 182 Å². The van der Waals surface area contributed by atoms with Gasteiger partial charge in [-0.15, -0.1) is 10.2 Å². The number of hydrogen-bond acceptors (Lipinski definition) is 5. The van der Waals surface area contributed by atoms with E-state index in [0.29, 0.717) is 11.0 Å². The highest BCUT2D eigenvalue weighted by atomic mass is 32.2. The molecule has 0 bridgehead atoms. The van der Waals surface area contributed by atoms with Crippen LogP contribution in [0.3, 0.4) is 0 Å². The van der Waals surface area contributed by atoms with E-state index in [0.717, 1.165) is 29.0 Å². The van der Waals surface area contributed by atoms with Crippen LogP contribution in [0.1, 0.15) is 42.5 Å². The number of carbonyl (C=O) groups excluding carboxylic acids is 1. The number of hydrogen-bond donors (Lipinski definition) is 1. The molecule has 1 unspecified atom stereocenters. The number of rotatable bonds is 8. The van der Waals surface area contributed by atoms with E-state index < -0.39 is 0 Å². The second kappa shape index (κ2) is 9.80. The summed E-state index contributed by atoms with van der Waals surface area (Å²) in [6.45, 7) is 8.10. The first kappa shape index (κ1) is 21.9. The molecule has 1 N–H and O–H groups in total. The third-order valence-corrected chi connectivity index (χ3v) is 5.73. The van der Waals surface area contributed by atoms with Crippen LogP contribution in [0.5, 0.6) is 5.75 Å². The van der Waals surface area contributed by atoms with Crippen molar-refractivity contribution in [2.24, 2.45) is 7.05 Å². The molecule has 3 rings (SSSR count). The SMILES string of the molecule is CCc1ccc(OC(C)c2nnc(SCC(=O)Nc3cc(C)cc(C)c3)n2C)cc1. The largest absolute Gasteiger partial charge is 0.483 e. The summed E-state index contributed by atoms with van der Waals surface area (Å²) in [7, 11) is 1.89. The van der Waals surface area contributed by atoms with E-state index in [9.17, 15) is 4.79 Å². The van der Waals surface area contributed by atoms with Gasteiger partial charge in [0.15, 0.2) is 17.1 Å². The molecule has 0 aliphatic rings. The summed E-state index contributed by atoms with van der Waals surface area (Å²) in [4.78, 5) is 12.3. The number of carbonyl (C=O) groups is 1. The molecule has 0 saturated heterocycles. The van der Waals surface area contributed by atoms with Crippen LogP contribution in [0.4, 0.5) is 5.69 Å². The predicted molar refractivity (Wildman–Crippen MR) is 121 cm³/mol. The van der Waals surface area contributed by atoms with Gasteiger partial charge >= 0.3 is 0 Å². The third-order valence-electron chi connectivity index (χ3n) is 4.71. The molecule has 30 heavy (non-hydrogen) atoms. The number of nitrogens with one attached hydrogen (secondary N) is 1. The second-order valence-corrected chi connectivity index (χ2v) is 8.31. The second-order valence-electron chi connectivity index (χ2n) is 7.37. The lowest BCUT2D eigenvalue weighted by atomic mass is 10.1. The number of anilines is 1. The van der Waals surface area contributed by atoms with Gasteiger partial charge in [0.05, 0.1) is 5.75 Å². The third kappa shape index (κ3) is 5.63. The van der Waals surface area contributed by atoms with Crippen molar-refractivity contribution in [1.82, 2.24) is 14.8 Å². The number of thioether (sulfide) groups is 1. The number of ether oxygens (including phenoxy) is 1. The molecule has 1 aromatic heterocycles. The number of aromatic nitrogens is 3. The van der Waals surface area contributed by atoms with E-state index in [4.69, 9.17) is 4.74 Å². The summed E-state index contributed by atoms with van der Waals surface area (Å²) in [6.07, 6.45) is 0.741. The minimum Gasteiger partial charge on any atom is -0.483 e. The average molecular weight is 425 g/mol. The van der Waals surface area contributed by atoms with Gasteiger partial charge in [-0.05, 0) is 68.1 Å². The molecule has 0 saturated carbocycles. The van der Waals surface area contributed by atoms with Crippen LogP contribution in [0.2, 0.25) is 0 Å². The molecule has 1 amide bonds. The average Bonchev–Trinajstić information content (AvgIpc) is 3.06. The van der Waals surface area contributed by atoms with Crippen LogP contribution in [0.15, 0.2) is 47.6 Å². The topological polar surface area (TPSA) is 69.0 Å². The molecular formula is C23H28N4O2S. The van der Waals surface area contributed by atoms with Crippen molar-refractivity contribution in [3.05, 3.63) is 65.0 Å². The van der Waals surface area contributed by atoms with Crippen LogP contribution in [-0.4, -0.2) is 26.4 Å². The van der Waals surface area contributed by atoms with Crippen molar-refractivity contribution in [2.75, 3.05) is 11.1 Å². The molecule has 0 fully saturated rings. The smallest absolute Gasteiger partial charge is 0.234 e. The van der Waals surface area contributed by atoms with Gasteiger partial charge in [-0.25, -0.2) is 0 Å². The van der Waals surface area contributed by atoms with Crippen LogP contribution in [0, 0.1) is 13.8 Å². The Kier molecular flexibility index (Phi) is 7.15. The lowest BCUT2D eigenvalue weighted by molar-refractivity contribution is -0.113. The fraction of sp³-hybridized carbons (Fsp3) is 0.348. The Hall–Kier alpha value is -2.80. The van der Waals surface area contributed by atoms with Crippen LogP contribution < -0.4 is 10.1 Å². The maximum absolute atomic E-state index is 12.3. The molecule has 6 nitrogen and oxygen atoms in total. The Morgan fingerprint density at radius 2 is 1.80 bits per heavy atom. The van der Waals surface area contributed by atoms with Crippen LogP contribution in [0.25, 0.3) is 0 Å². The fourth-order valence-electron chi connectivity index (χ4n) is 3.24. The first-order valence-corrected chi connectivity index (χ1v) is 11.0. The number of nitrogens with zero attached hydrogens (tertiary/aromatic N) is 3. The maximum Gasteiger partial charge on any atom is 0.234 e. The summed E-state index contributed by atoms with van der Waals surface area (Å²) < 4.78 is 7.88. The maximum atomic E-state index is 12.3. The van der Waals surface area contributed by atoms with Gasteiger partial charge < -0.3 is 14.6 Å². The molecule has 1 atom stereocenters. The van der Waals surface area contributed by atoms with Crippen LogP contribution in [-0.2, 0) is 18.3 Å². The van der Waals surface area contributed by atoms with Crippen molar-refractivity contribution >= 4 is 23.4 Å². The molecule has 0 aliphatic carbocycles. The summed E-state index contributed by atoms with van der Waals surface area (Å²) in [6, 6.07) is 14.1. The molecule has 0 radical (unpaired) electrons. The summed E-state index contributed by atoms with van der Waals surface area (Å²) in [5.41, 5.74) is 4.32. The lowest BCUT2D eigenvalue weighted by Crippen LogP contribution is -2.15. The van der Waals surface area contributed by atoms with Crippen molar-refractivity contribution in [3.8, 4) is 5.75 Å². The molecule has 0 aliphatic heterocycles. The fourth-order valence-corrected chi connectivity index (χ4v) is 3.96. The number of amides is 1. The van der Waals surface area contributed by atoms with Gasteiger partial charge in [0.1, 0.15) is 5.75 Å². The van der Waals surface area contributed by atoms with Crippen molar-refractivity contribution < 1.29 is 9.53 Å². The zero-order chi connectivity index (χ0) is 21.7. The van der Waals surface area contributed by atoms with Gasteiger partial charge in [0, 0.05) is 12.7 Å². The summed E-state index contributed by atoms with van der Waals surface area (Å²) in [5, 5.41) is 12.1. The van der Waals surface area contributed by atoms with Gasteiger partial charge in [0.25, 0.3) is 0 Å². The number of benzene rings is 2. The Morgan fingerprint density at radius 1 is 1.13 bits per heavy atom. The quantitative estimate of drug-likeness (QED) is 0.523. The van der Waals surface area contributed by atoms with Gasteiger partial charge in [-0.3, -0.25) is 4.79 Å². The van der Waals surface area contributed by atoms with Crippen molar-refractivity contribution in [1.29, 1.82) is 0 Å². The Morgan fingerprint density at radius 3 is 2.43 bits per heavy atom. The Balaban J connectivity index is 1.58. The molecule has 7 heteroatoms. The minimum absolute atomic E-state index is 0.0742. The molecule has 0 spiro atoms. The Bertz CT molecular complexity index is 994. The van der Waals surface area contributed by atoms with E-state index in [-0.39, 0.29) is 17.8 Å². The van der Waals surface area contributed by atoms with Crippen LogP contribution >= 0.6 is 11.8 Å². The summed E-state index contributed by atoms with van der Waals surface area (Å²) in [5.74, 6) is 1.69. The highest BCUT2D eigenvalue weighted by Gasteiger charge is 2.18. The van der Waals surface area contributed by atoms with Gasteiger partial charge in [0.2, 0.25) is 5.91 Å². The molecule has 2 aromatic carbocycles. The first-order chi connectivity index (χ1) is 14.4. The predicted octanol–water partition coefficient (Wildman–Crippen LogP) is 4.87. The lowest BCUT2D eigenvalue weighted by Gasteiger charge is -2.14. The van der Waals surface area contributed by atoms with Gasteiger partial charge in [-0.1, -0.05) is 36.9 Å². The normalized spacial score (nSPS) is 11.9. The first-order valence-electron chi connectivity index (χ1n) is 10.0. The highest BCUT2D eigenvalue weighted by molar-refractivity contribution is 7.99. The van der Waals surface area contributed by atoms with Crippen molar-refractivity contribution in [3.63, 3.8) is 0 Å². The molecule has 3 aromatic rings. The minimum atomic E-state index is -0.256. The zero-order valence-electron chi connectivity index (χ0n) is 18.1. The van der Waals surface area contributed by atoms with E-state index in [1.807, 2.05) is 56.7 Å². The van der Waals surface area contributed by atoms with E-state index in [2.05, 4.69) is 40.6 Å². The number of aryl methyl sites for hydroxylation is 3. The monoisotopic (exact) mass is 424 g/mol. The van der Waals surface area contributed by atoms with Crippen molar-refractivity contribution in [2.45, 2.75) is 45.4 Å². The molecule has 158 valence electrons. The van der Waals surface area contributed by atoms with Gasteiger partial charge in [-0.2, -0.15) is 0 Å². The molecule has 1 heterocycles. The zero-order valence-corrected chi connectivity index (χ0v) is 18.9. The summed E-state index contributed by atoms with van der Waals surface area (Å²) >= 11 is 1.35. The van der Waals surface area contributed by atoms with E-state index in [1.165, 1.54) is 17.3 Å². The highest BCUT2D eigenvalue weighted by Crippen LogP contribution is 2.24. The van der Waals surface area contributed by atoms with E-state index >= 15 is 0 Å². The standard InChI is InChI=1S/C23H28N4O2S/c1-6-18-7-9-20(10-8-18)29-17(4)22-25-26-23(27(22)5)30-14-21(28)24-19-12-15(2)11-16(3)13-19/h7-13,17H,6,14H2,1-5H3,(H,24,28). The van der Waals surface area contributed by atoms with E-state index in [1.54, 1.807) is 0 Å².